The van der Waals surface area contributed by atoms with E-state index in [1.807, 2.05) is 0 Å². The van der Waals surface area contributed by atoms with E-state index >= 15 is 0 Å². The molecule has 23 heavy (non-hydrogen) atoms. The average molecular weight is 343 g/mol. The second-order valence-corrected chi connectivity index (χ2v) is 7.50. The zero-order valence-corrected chi connectivity index (χ0v) is 13.7. The van der Waals surface area contributed by atoms with Crippen molar-refractivity contribution < 1.29 is 28.2 Å². The van der Waals surface area contributed by atoms with Gasteiger partial charge in [-0.25, -0.2) is 17.9 Å². The molecule has 8 heteroatoms. The van der Waals surface area contributed by atoms with Crippen molar-refractivity contribution in [2.24, 2.45) is 0 Å². The lowest BCUT2D eigenvalue weighted by Crippen LogP contribution is -2.41. The van der Waals surface area contributed by atoms with Gasteiger partial charge in [-0.15, -0.1) is 0 Å². The average Bonchev–Trinajstić information content (AvgIpc) is 2.47. The molecule has 0 aromatic heterocycles. The highest BCUT2D eigenvalue weighted by atomic mass is 32.2. The number of hydrogen-bond acceptors (Lipinski definition) is 5. The van der Waals surface area contributed by atoms with Crippen LogP contribution in [0.4, 0.5) is 0 Å². The summed E-state index contributed by atoms with van der Waals surface area (Å²) in [6.07, 6.45) is 1.55. The summed E-state index contributed by atoms with van der Waals surface area (Å²) >= 11 is 0. The van der Waals surface area contributed by atoms with Gasteiger partial charge >= 0.3 is 5.97 Å². The molecule has 2 rings (SSSR count). The van der Waals surface area contributed by atoms with Gasteiger partial charge in [-0.1, -0.05) is 6.07 Å². The van der Waals surface area contributed by atoms with Crippen LogP contribution in [-0.4, -0.2) is 50.0 Å². The molecule has 1 heterocycles. The summed E-state index contributed by atoms with van der Waals surface area (Å²) in [5.41, 5.74) is -0.877. The number of benzene rings is 1. The summed E-state index contributed by atoms with van der Waals surface area (Å²) < 4.78 is 32.4. The van der Waals surface area contributed by atoms with Crippen LogP contribution in [-0.2, 0) is 14.8 Å². The highest BCUT2D eigenvalue weighted by Gasteiger charge is 2.30. The topological polar surface area (TPSA) is 113 Å². The number of sulfonamides is 1. The molecule has 1 aliphatic heterocycles. The van der Waals surface area contributed by atoms with E-state index in [1.165, 1.54) is 25.1 Å². The third-order valence-electron chi connectivity index (χ3n) is 3.99. The van der Waals surface area contributed by atoms with Crippen LogP contribution in [0.15, 0.2) is 23.1 Å². The Balaban J connectivity index is 2.07. The highest BCUT2D eigenvalue weighted by molar-refractivity contribution is 7.89. The fourth-order valence-electron chi connectivity index (χ4n) is 2.67. The number of nitrogens with one attached hydrogen (secondary N) is 1. The lowest BCUT2D eigenvalue weighted by atomic mass is 9.93. The number of aliphatic hydroxyl groups is 1. The molecule has 1 atom stereocenters. The zero-order chi connectivity index (χ0) is 17.1. The largest absolute Gasteiger partial charge is 0.478 e. The van der Waals surface area contributed by atoms with Crippen molar-refractivity contribution in [3.8, 4) is 0 Å². The molecule has 1 aliphatic rings. The maximum absolute atomic E-state index is 12.4. The van der Waals surface area contributed by atoms with Gasteiger partial charge in [0, 0.05) is 13.2 Å². The Morgan fingerprint density at radius 3 is 2.78 bits per heavy atom. The molecule has 1 fully saturated rings. The van der Waals surface area contributed by atoms with Gasteiger partial charge in [0.15, 0.2) is 0 Å². The predicted molar refractivity (Wildman–Crippen MR) is 82.9 cm³/mol. The van der Waals surface area contributed by atoms with Gasteiger partial charge in [0.25, 0.3) is 0 Å². The monoisotopic (exact) mass is 343 g/mol. The molecule has 7 nitrogen and oxygen atoms in total. The van der Waals surface area contributed by atoms with E-state index in [1.54, 1.807) is 0 Å². The van der Waals surface area contributed by atoms with Crippen LogP contribution in [0.5, 0.6) is 0 Å². The Morgan fingerprint density at radius 2 is 2.17 bits per heavy atom. The van der Waals surface area contributed by atoms with E-state index in [2.05, 4.69) is 4.72 Å². The maximum atomic E-state index is 12.4. The first-order valence-electron chi connectivity index (χ1n) is 7.38. The first-order valence-corrected chi connectivity index (χ1v) is 8.86. The van der Waals surface area contributed by atoms with E-state index in [9.17, 15) is 18.3 Å². The fraction of sp³-hybridized carbons (Fsp3) is 0.533. The molecule has 0 spiro atoms. The second-order valence-electron chi connectivity index (χ2n) is 5.76. The van der Waals surface area contributed by atoms with E-state index in [4.69, 9.17) is 9.84 Å². The van der Waals surface area contributed by atoms with Crippen LogP contribution < -0.4 is 4.72 Å². The van der Waals surface area contributed by atoms with Crippen molar-refractivity contribution in [1.29, 1.82) is 0 Å². The quantitative estimate of drug-likeness (QED) is 0.707. The summed E-state index contributed by atoms with van der Waals surface area (Å²) in [5, 5.41) is 19.3. The minimum Gasteiger partial charge on any atom is -0.478 e. The minimum atomic E-state index is -3.84. The molecule has 0 bridgehead atoms. The van der Waals surface area contributed by atoms with Crippen LogP contribution in [0.25, 0.3) is 0 Å². The van der Waals surface area contributed by atoms with Crippen LogP contribution >= 0.6 is 0 Å². The molecule has 0 radical (unpaired) electrons. The Kier molecular flexibility index (Phi) is 5.41. The van der Waals surface area contributed by atoms with Crippen molar-refractivity contribution >= 4 is 16.0 Å². The standard InChI is InChI=1S/C15H21NO6S/c1-11-12(14(17)18)4-2-5-13(11)23(20,21)16-8-7-15(19)6-3-9-22-10-15/h2,4-5,16,19H,3,6-10H2,1H3,(H,17,18). The zero-order valence-electron chi connectivity index (χ0n) is 12.9. The third-order valence-corrected chi connectivity index (χ3v) is 5.59. The summed E-state index contributed by atoms with van der Waals surface area (Å²) in [7, 11) is -3.84. The van der Waals surface area contributed by atoms with Gasteiger partial charge in [0.05, 0.1) is 22.7 Å². The Labute approximate surface area is 135 Å². The number of carbonyl (C=O) groups is 1. The highest BCUT2D eigenvalue weighted by Crippen LogP contribution is 2.23. The van der Waals surface area contributed by atoms with Crippen LogP contribution in [0, 0.1) is 6.92 Å². The van der Waals surface area contributed by atoms with E-state index in [0.29, 0.717) is 13.0 Å². The Hall–Kier alpha value is -1.48. The number of hydrogen-bond donors (Lipinski definition) is 3. The first kappa shape index (κ1) is 17.9. The molecular weight excluding hydrogens is 322 g/mol. The smallest absolute Gasteiger partial charge is 0.335 e. The normalized spacial score (nSPS) is 22.0. The lowest BCUT2D eigenvalue weighted by molar-refractivity contribution is -0.0884. The number of carboxylic acids is 1. The summed E-state index contributed by atoms with van der Waals surface area (Å²) in [5.74, 6) is -1.17. The Morgan fingerprint density at radius 1 is 1.43 bits per heavy atom. The minimum absolute atomic E-state index is 0.0489. The van der Waals surface area contributed by atoms with E-state index in [0.717, 1.165) is 6.42 Å². The molecule has 0 saturated carbocycles. The second kappa shape index (κ2) is 6.96. The molecule has 128 valence electrons. The van der Waals surface area contributed by atoms with Crippen molar-refractivity contribution in [3.63, 3.8) is 0 Å². The third kappa shape index (κ3) is 4.29. The molecule has 1 saturated heterocycles. The van der Waals surface area contributed by atoms with E-state index < -0.39 is 21.6 Å². The molecule has 1 aromatic carbocycles. The first-order chi connectivity index (χ1) is 10.8. The number of rotatable bonds is 6. The Bertz CT molecular complexity index is 679. The van der Waals surface area contributed by atoms with Gasteiger partial charge in [0.1, 0.15) is 0 Å². The van der Waals surface area contributed by atoms with Crippen LogP contribution in [0.3, 0.4) is 0 Å². The molecule has 3 N–H and O–H groups in total. The molecular formula is C15H21NO6S. The number of ether oxygens (including phenoxy) is 1. The maximum Gasteiger partial charge on any atom is 0.335 e. The van der Waals surface area contributed by atoms with E-state index in [-0.39, 0.29) is 35.6 Å². The molecule has 1 unspecified atom stereocenters. The molecule has 0 amide bonds. The molecule has 0 aliphatic carbocycles. The lowest BCUT2D eigenvalue weighted by Gasteiger charge is -2.31. The predicted octanol–water partition coefficient (Wildman–Crippen LogP) is 0.903. The summed E-state index contributed by atoms with van der Waals surface area (Å²) in [4.78, 5) is 11.0. The van der Waals surface area contributed by atoms with Crippen LogP contribution in [0.2, 0.25) is 0 Å². The number of aromatic carboxylic acids is 1. The van der Waals surface area contributed by atoms with Crippen molar-refractivity contribution in [3.05, 3.63) is 29.3 Å². The van der Waals surface area contributed by atoms with Crippen molar-refractivity contribution in [2.45, 2.75) is 36.7 Å². The van der Waals surface area contributed by atoms with Gasteiger partial charge < -0.3 is 14.9 Å². The van der Waals surface area contributed by atoms with Crippen LogP contribution in [0.1, 0.15) is 35.2 Å². The fourth-order valence-corrected chi connectivity index (χ4v) is 3.96. The molecule has 1 aromatic rings. The SMILES string of the molecule is Cc1c(C(=O)O)cccc1S(=O)(=O)NCCC1(O)CCCOC1. The van der Waals surface area contributed by atoms with Gasteiger partial charge in [-0.3, -0.25) is 0 Å². The number of carboxylic acid groups (broad SMARTS) is 1. The van der Waals surface area contributed by atoms with Gasteiger partial charge in [0.2, 0.25) is 10.0 Å². The summed E-state index contributed by atoms with van der Waals surface area (Å²) in [6, 6.07) is 4.12. The summed E-state index contributed by atoms with van der Waals surface area (Å²) in [6.45, 7) is 2.32. The van der Waals surface area contributed by atoms with Gasteiger partial charge in [-0.2, -0.15) is 0 Å². The van der Waals surface area contributed by atoms with Crippen molar-refractivity contribution in [1.82, 2.24) is 4.72 Å². The van der Waals surface area contributed by atoms with Crippen molar-refractivity contribution in [2.75, 3.05) is 19.8 Å². The van der Waals surface area contributed by atoms with Gasteiger partial charge in [-0.05, 0) is 43.9 Å².